The van der Waals surface area contributed by atoms with Crippen LogP contribution >= 0.6 is 11.3 Å². The predicted octanol–water partition coefficient (Wildman–Crippen LogP) is 0.584. The lowest BCUT2D eigenvalue weighted by atomic mass is 9.90. The van der Waals surface area contributed by atoms with Gasteiger partial charge in [0, 0.05) is 17.7 Å². The lowest BCUT2D eigenvalue weighted by Crippen LogP contribution is -3.00. The summed E-state index contributed by atoms with van der Waals surface area (Å²) in [5.74, 6) is 0.182. The fourth-order valence-electron chi connectivity index (χ4n) is 3.50. The lowest BCUT2D eigenvalue weighted by molar-refractivity contribution is -0.896. The number of esters is 1. The van der Waals surface area contributed by atoms with Crippen molar-refractivity contribution in [2.24, 2.45) is 5.92 Å². The van der Waals surface area contributed by atoms with E-state index in [4.69, 9.17) is 4.74 Å². The summed E-state index contributed by atoms with van der Waals surface area (Å²) in [6, 6.07) is 4.10. The van der Waals surface area contributed by atoms with Crippen molar-refractivity contribution in [1.82, 2.24) is 0 Å². The third-order valence-corrected chi connectivity index (χ3v) is 5.93. The Morgan fingerprint density at radius 3 is 2.61 bits per heavy atom. The third kappa shape index (κ3) is 4.59. The van der Waals surface area contributed by atoms with Crippen LogP contribution in [0, 0.1) is 5.92 Å². The molecule has 1 aromatic rings. The molecule has 0 aromatic carbocycles. The Hall–Kier alpha value is -0.840. The number of quaternary nitrogens is 1. The number of hydrogen-bond acceptors (Lipinski definition) is 3. The van der Waals surface area contributed by atoms with Gasteiger partial charge in [-0.3, -0.25) is 4.79 Å². The molecular weight excluding hydrogens is 330 g/mol. The monoisotopic (exact) mass is 355 g/mol. The first-order valence-electron chi connectivity index (χ1n) is 8.28. The molecule has 0 radical (unpaired) electrons. The number of carbonyl (C=O) groups excluding carboxylic acids is 1. The number of nitrogens with zero attached hydrogens (tertiary/aromatic N) is 1. The minimum Gasteiger partial charge on any atom is -1.00 e. The van der Waals surface area contributed by atoms with Gasteiger partial charge in [0.05, 0.1) is 33.1 Å². The summed E-state index contributed by atoms with van der Waals surface area (Å²) in [5, 5.41) is 2.05. The molecule has 0 spiro atoms. The molecule has 3 nitrogen and oxygen atoms in total. The van der Waals surface area contributed by atoms with Crippen LogP contribution in [0.1, 0.15) is 36.5 Å². The highest BCUT2D eigenvalue weighted by Gasteiger charge is 2.35. The second-order valence-electron chi connectivity index (χ2n) is 7.18. The predicted molar refractivity (Wildman–Crippen MR) is 89.9 cm³/mol. The van der Waals surface area contributed by atoms with Crippen molar-refractivity contribution in [3.05, 3.63) is 34.5 Å². The van der Waals surface area contributed by atoms with E-state index in [2.05, 4.69) is 37.7 Å². The number of hydrogen-bond donors (Lipinski definition) is 0. The minimum atomic E-state index is -0.108. The fraction of sp³-hybridized carbons (Fsp3) is 0.611. The molecule has 0 saturated carbocycles. The molecule has 2 unspecified atom stereocenters. The number of piperidine rings is 1. The summed E-state index contributed by atoms with van der Waals surface area (Å²) in [6.45, 7) is 2.18. The maximum Gasteiger partial charge on any atom is 0.315 e. The van der Waals surface area contributed by atoms with Crippen LogP contribution in [0.2, 0.25) is 0 Å². The van der Waals surface area contributed by atoms with E-state index in [9.17, 15) is 4.79 Å². The highest BCUT2D eigenvalue weighted by Crippen LogP contribution is 2.37. The average molecular weight is 356 g/mol. The van der Waals surface area contributed by atoms with Crippen LogP contribution in [0.3, 0.4) is 0 Å². The van der Waals surface area contributed by atoms with E-state index in [-0.39, 0.29) is 30.4 Å². The molecule has 0 amide bonds. The number of rotatable bonds is 4. The maximum absolute atomic E-state index is 12.8. The molecule has 2 heterocycles. The number of ether oxygens (including phenoxy) is 1. The van der Waals surface area contributed by atoms with Crippen LogP contribution in [-0.4, -0.2) is 43.7 Å². The van der Waals surface area contributed by atoms with Crippen LogP contribution in [-0.2, 0) is 9.53 Å². The van der Waals surface area contributed by atoms with Gasteiger partial charge in [0.1, 0.15) is 6.10 Å². The molecule has 2 aliphatic rings. The van der Waals surface area contributed by atoms with Crippen molar-refractivity contribution >= 4 is 17.3 Å². The van der Waals surface area contributed by atoms with Crippen LogP contribution in [0.5, 0.6) is 0 Å². The Morgan fingerprint density at radius 1 is 1.30 bits per heavy atom. The van der Waals surface area contributed by atoms with E-state index >= 15 is 0 Å². The Kier molecular flexibility index (Phi) is 6.29. The lowest BCUT2D eigenvalue weighted by Gasteiger charge is -2.37. The number of carbonyl (C=O) groups is 1. The standard InChI is InChI=1S/C18H26NO2S.ClH/c1-19(2)11-9-15(10-12-19)21-18(20)17(14-6-3-4-7-14)16-8-5-13-22-16;/h3,5-6,8,13-15,17H,4,7,9-12H2,1-2H3;1H/q+1;/p-1. The molecule has 1 aliphatic carbocycles. The molecule has 23 heavy (non-hydrogen) atoms. The Balaban J connectivity index is 0.00000192. The van der Waals surface area contributed by atoms with Gasteiger partial charge in [-0.05, 0) is 30.2 Å². The Labute approximate surface area is 149 Å². The number of likely N-dealkylation sites (tertiary alicyclic amines) is 1. The van der Waals surface area contributed by atoms with Crippen molar-refractivity contribution in [2.75, 3.05) is 27.2 Å². The number of allylic oxidation sites excluding steroid dienone is 2. The van der Waals surface area contributed by atoms with Crippen molar-refractivity contribution in [3.63, 3.8) is 0 Å². The topological polar surface area (TPSA) is 26.3 Å². The van der Waals surface area contributed by atoms with Crippen LogP contribution in [0.4, 0.5) is 0 Å². The van der Waals surface area contributed by atoms with Crippen LogP contribution < -0.4 is 12.4 Å². The van der Waals surface area contributed by atoms with E-state index < -0.39 is 0 Å². The van der Waals surface area contributed by atoms with Gasteiger partial charge in [-0.25, -0.2) is 0 Å². The molecule has 2 atom stereocenters. The molecule has 3 rings (SSSR count). The summed E-state index contributed by atoms with van der Waals surface area (Å²) < 4.78 is 6.94. The zero-order chi connectivity index (χ0) is 15.6. The minimum absolute atomic E-state index is 0. The molecule has 1 aromatic heterocycles. The summed E-state index contributed by atoms with van der Waals surface area (Å²) in [6.07, 6.45) is 8.60. The van der Waals surface area contributed by atoms with Crippen LogP contribution in [0.15, 0.2) is 29.7 Å². The molecular formula is C18H26ClNO2S. The number of halogens is 1. The fourth-order valence-corrected chi connectivity index (χ4v) is 4.39. The van der Waals surface area contributed by atoms with Gasteiger partial charge in [-0.1, -0.05) is 18.2 Å². The molecule has 128 valence electrons. The largest absolute Gasteiger partial charge is 1.00 e. The zero-order valence-corrected chi connectivity index (χ0v) is 15.5. The van der Waals surface area contributed by atoms with Gasteiger partial charge >= 0.3 is 5.97 Å². The first-order chi connectivity index (χ1) is 10.6. The second-order valence-corrected chi connectivity index (χ2v) is 8.16. The first kappa shape index (κ1) is 18.5. The maximum atomic E-state index is 12.8. The average Bonchev–Trinajstić information content (AvgIpc) is 3.15. The van der Waals surface area contributed by atoms with Gasteiger partial charge in [-0.15, -0.1) is 11.3 Å². The number of thiophene rings is 1. The summed E-state index contributed by atoms with van der Waals surface area (Å²) >= 11 is 1.67. The van der Waals surface area contributed by atoms with E-state index in [1.165, 1.54) is 0 Å². The second kappa shape index (κ2) is 7.82. The van der Waals surface area contributed by atoms with Crippen molar-refractivity contribution in [3.8, 4) is 0 Å². The van der Waals surface area contributed by atoms with Crippen molar-refractivity contribution in [2.45, 2.75) is 37.7 Å². The highest BCUT2D eigenvalue weighted by molar-refractivity contribution is 7.10. The summed E-state index contributed by atoms with van der Waals surface area (Å²) in [5.41, 5.74) is 0. The van der Waals surface area contributed by atoms with E-state index in [0.717, 1.165) is 48.1 Å². The van der Waals surface area contributed by atoms with Crippen molar-refractivity contribution in [1.29, 1.82) is 0 Å². The van der Waals surface area contributed by atoms with Gasteiger partial charge < -0.3 is 21.6 Å². The smallest absolute Gasteiger partial charge is 0.315 e. The van der Waals surface area contributed by atoms with Gasteiger partial charge in [-0.2, -0.15) is 0 Å². The van der Waals surface area contributed by atoms with E-state index in [1.807, 2.05) is 6.07 Å². The normalized spacial score (nSPS) is 24.9. The quantitative estimate of drug-likeness (QED) is 0.449. The van der Waals surface area contributed by atoms with Gasteiger partial charge in [0.2, 0.25) is 0 Å². The first-order valence-corrected chi connectivity index (χ1v) is 9.16. The zero-order valence-electron chi connectivity index (χ0n) is 13.9. The van der Waals surface area contributed by atoms with Gasteiger partial charge in [0.15, 0.2) is 0 Å². The molecule has 1 aliphatic heterocycles. The van der Waals surface area contributed by atoms with E-state index in [1.54, 1.807) is 11.3 Å². The molecule has 0 bridgehead atoms. The van der Waals surface area contributed by atoms with E-state index in [0.29, 0.717) is 5.92 Å². The highest BCUT2D eigenvalue weighted by atomic mass is 35.5. The molecule has 5 heteroatoms. The SMILES string of the molecule is C[N+]1(C)CCC(OC(=O)C(c2cccs2)C2C=CCC2)CC1.[Cl-]. The van der Waals surface area contributed by atoms with Crippen molar-refractivity contribution < 1.29 is 26.4 Å². The Bertz CT molecular complexity index is 531. The summed E-state index contributed by atoms with van der Waals surface area (Å²) in [7, 11) is 4.49. The Morgan fingerprint density at radius 2 is 2.04 bits per heavy atom. The molecule has 1 fully saturated rings. The van der Waals surface area contributed by atoms with Gasteiger partial charge in [0.25, 0.3) is 0 Å². The molecule has 1 saturated heterocycles. The van der Waals surface area contributed by atoms with Crippen LogP contribution in [0.25, 0.3) is 0 Å². The third-order valence-electron chi connectivity index (χ3n) is 4.98. The summed E-state index contributed by atoms with van der Waals surface area (Å²) in [4.78, 5) is 14.0. The molecule has 0 N–H and O–H groups in total.